The van der Waals surface area contributed by atoms with Crippen LogP contribution in [0.2, 0.25) is 0 Å². The number of pyridine rings is 1. The van der Waals surface area contributed by atoms with Crippen molar-refractivity contribution in [3.63, 3.8) is 0 Å². The van der Waals surface area contributed by atoms with Crippen LogP contribution < -0.4 is 19.1 Å². The standard InChI is InChI=1S/C22H17F6N7O3/c1-36-19-12(7-31-20(32-19)37-2)13-6-14(18-30-8-17(23)35(18)33-13)34-9-16(21(24,25)10-34)38-11-3-4-29-15(5-11)22(26,27)28/h3-8,16H,9-10H2,1-2H3/t16-/m0/s1. The van der Waals surface area contributed by atoms with Crippen LogP contribution in [0.5, 0.6) is 17.6 Å². The van der Waals surface area contributed by atoms with E-state index in [9.17, 15) is 17.6 Å². The van der Waals surface area contributed by atoms with Crippen molar-refractivity contribution in [1.82, 2.24) is 29.5 Å². The van der Waals surface area contributed by atoms with Gasteiger partial charge in [0, 0.05) is 18.5 Å². The smallest absolute Gasteiger partial charge is 0.433 e. The van der Waals surface area contributed by atoms with E-state index in [0.717, 1.165) is 23.0 Å². The average Bonchev–Trinajstić information content (AvgIpc) is 3.41. The summed E-state index contributed by atoms with van der Waals surface area (Å²) < 4.78 is 99.9. The van der Waals surface area contributed by atoms with Gasteiger partial charge in [0.15, 0.2) is 11.8 Å². The third-order valence-corrected chi connectivity index (χ3v) is 5.69. The molecule has 5 heterocycles. The molecule has 1 aliphatic heterocycles. The topological polar surface area (TPSA) is 99.8 Å². The lowest BCUT2D eigenvalue weighted by Gasteiger charge is -2.20. The molecule has 200 valence electrons. The fraction of sp³-hybridized carbons (Fsp3) is 0.318. The molecule has 10 nitrogen and oxygen atoms in total. The van der Waals surface area contributed by atoms with Gasteiger partial charge in [-0.2, -0.15) is 32.2 Å². The van der Waals surface area contributed by atoms with Crippen molar-refractivity contribution in [2.24, 2.45) is 0 Å². The minimum absolute atomic E-state index is 0.00955. The molecule has 16 heteroatoms. The fourth-order valence-electron chi connectivity index (χ4n) is 3.94. The molecule has 0 aromatic carbocycles. The van der Waals surface area contributed by atoms with E-state index in [1.807, 2.05) is 0 Å². The van der Waals surface area contributed by atoms with Crippen LogP contribution in [0.1, 0.15) is 5.69 Å². The van der Waals surface area contributed by atoms with Gasteiger partial charge in [0.05, 0.1) is 44.8 Å². The van der Waals surface area contributed by atoms with Crippen molar-refractivity contribution >= 4 is 11.3 Å². The Morgan fingerprint density at radius 3 is 2.55 bits per heavy atom. The molecule has 0 unspecified atom stereocenters. The molecule has 4 aromatic heterocycles. The van der Waals surface area contributed by atoms with E-state index < -0.39 is 48.7 Å². The average molecular weight is 541 g/mol. The second-order valence-electron chi connectivity index (χ2n) is 8.13. The van der Waals surface area contributed by atoms with Gasteiger partial charge in [-0.1, -0.05) is 0 Å². The number of methoxy groups -OCH3 is 2. The zero-order valence-electron chi connectivity index (χ0n) is 19.6. The molecule has 0 aliphatic carbocycles. The van der Waals surface area contributed by atoms with Crippen LogP contribution in [-0.2, 0) is 6.18 Å². The van der Waals surface area contributed by atoms with E-state index in [1.54, 1.807) is 0 Å². The molecule has 1 aliphatic rings. The van der Waals surface area contributed by atoms with Gasteiger partial charge in [0.2, 0.25) is 11.8 Å². The van der Waals surface area contributed by atoms with Gasteiger partial charge in [-0.15, -0.1) is 0 Å². The Kier molecular flexibility index (Phi) is 6.11. The summed E-state index contributed by atoms with van der Waals surface area (Å²) in [6, 6.07) is 2.96. The molecule has 0 bridgehead atoms. The van der Waals surface area contributed by atoms with Crippen molar-refractivity contribution in [3.8, 4) is 28.9 Å². The Morgan fingerprint density at radius 2 is 1.84 bits per heavy atom. The Bertz CT molecular complexity index is 1500. The number of fused-ring (bicyclic) bond motifs is 1. The third-order valence-electron chi connectivity index (χ3n) is 5.69. The van der Waals surface area contributed by atoms with Gasteiger partial charge >= 0.3 is 18.1 Å². The zero-order chi connectivity index (χ0) is 27.2. The fourth-order valence-corrected chi connectivity index (χ4v) is 3.94. The van der Waals surface area contributed by atoms with E-state index in [2.05, 4.69) is 25.0 Å². The highest BCUT2D eigenvalue weighted by molar-refractivity contribution is 5.76. The number of ether oxygens (including phenoxy) is 3. The summed E-state index contributed by atoms with van der Waals surface area (Å²) in [5.41, 5.74) is -1.01. The van der Waals surface area contributed by atoms with Crippen molar-refractivity contribution in [1.29, 1.82) is 0 Å². The molecule has 4 aromatic rings. The first-order valence-corrected chi connectivity index (χ1v) is 10.8. The second-order valence-corrected chi connectivity index (χ2v) is 8.13. The van der Waals surface area contributed by atoms with E-state index in [-0.39, 0.29) is 34.5 Å². The van der Waals surface area contributed by atoms with Gasteiger partial charge in [-0.25, -0.2) is 18.7 Å². The lowest BCUT2D eigenvalue weighted by molar-refractivity contribution is -0.141. The number of anilines is 1. The number of rotatable bonds is 6. The van der Waals surface area contributed by atoms with Crippen LogP contribution in [0.4, 0.5) is 32.0 Å². The zero-order valence-corrected chi connectivity index (χ0v) is 19.6. The number of imidazole rings is 1. The number of halogens is 6. The highest BCUT2D eigenvalue weighted by Crippen LogP contribution is 2.38. The lowest BCUT2D eigenvalue weighted by atomic mass is 10.2. The molecule has 0 N–H and O–H groups in total. The minimum Gasteiger partial charge on any atom is -0.482 e. The first-order valence-electron chi connectivity index (χ1n) is 10.8. The SMILES string of the molecule is COc1ncc(-c2cc(N3C[C@H](Oc4ccnc(C(F)(F)F)c4)C(F)(F)C3)c3ncc(F)n3n2)c(OC)n1. The first-order chi connectivity index (χ1) is 18.0. The highest BCUT2D eigenvalue weighted by atomic mass is 19.4. The quantitative estimate of drug-likeness (QED) is 0.339. The predicted molar refractivity (Wildman–Crippen MR) is 118 cm³/mol. The minimum atomic E-state index is -4.78. The molecule has 1 atom stereocenters. The van der Waals surface area contributed by atoms with Gasteiger partial charge in [0.1, 0.15) is 17.1 Å². The molecular weight excluding hydrogens is 524 g/mol. The van der Waals surface area contributed by atoms with E-state index >= 15 is 8.78 Å². The summed E-state index contributed by atoms with van der Waals surface area (Å²) in [5.74, 6) is -4.76. The summed E-state index contributed by atoms with van der Waals surface area (Å²) in [6.45, 7) is -1.35. The molecular formula is C22H17F6N7O3. The number of hydrogen-bond acceptors (Lipinski definition) is 9. The number of alkyl halides is 5. The van der Waals surface area contributed by atoms with E-state index in [4.69, 9.17) is 14.2 Å². The summed E-state index contributed by atoms with van der Waals surface area (Å²) in [6.07, 6.45) is -3.61. The Morgan fingerprint density at radius 1 is 1.05 bits per heavy atom. The molecule has 0 spiro atoms. The van der Waals surface area contributed by atoms with Crippen LogP contribution >= 0.6 is 0 Å². The number of aromatic nitrogens is 6. The summed E-state index contributed by atoms with van der Waals surface area (Å²) >= 11 is 0. The predicted octanol–water partition coefficient (Wildman–Crippen LogP) is 3.66. The maximum absolute atomic E-state index is 15.0. The monoisotopic (exact) mass is 541 g/mol. The van der Waals surface area contributed by atoms with Crippen LogP contribution in [-0.4, -0.2) is 68.9 Å². The largest absolute Gasteiger partial charge is 0.482 e. The lowest BCUT2D eigenvalue weighted by Crippen LogP contribution is -2.36. The Balaban J connectivity index is 1.52. The molecule has 1 saturated heterocycles. The molecule has 0 saturated carbocycles. The third kappa shape index (κ3) is 4.56. The maximum Gasteiger partial charge on any atom is 0.433 e. The summed E-state index contributed by atoms with van der Waals surface area (Å²) in [7, 11) is 2.68. The van der Waals surface area contributed by atoms with Crippen LogP contribution in [0.15, 0.2) is 36.8 Å². The van der Waals surface area contributed by atoms with Gasteiger partial charge in [-0.05, 0) is 12.1 Å². The highest BCUT2D eigenvalue weighted by Gasteiger charge is 2.51. The summed E-state index contributed by atoms with van der Waals surface area (Å²) in [5, 5.41) is 4.18. The molecule has 0 radical (unpaired) electrons. The number of nitrogens with zero attached hydrogens (tertiary/aromatic N) is 7. The van der Waals surface area contributed by atoms with Gasteiger partial charge < -0.3 is 19.1 Å². The Labute approximate surface area is 209 Å². The van der Waals surface area contributed by atoms with Crippen LogP contribution in [0.25, 0.3) is 16.9 Å². The normalized spacial score (nSPS) is 17.2. The molecule has 5 rings (SSSR count). The second kappa shape index (κ2) is 9.18. The van der Waals surface area contributed by atoms with Gasteiger partial charge in [0.25, 0.3) is 0 Å². The number of hydrogen-bond donors (Lipinski definition) is 0. The first kappa shape index (κ1) is 25.3. The molecule has 38 heavy (non-hydrogen) atoms. The van der Waals surface area contributed by atoms with Crippen LogP contribution in [0.3, 0.4) is 0 Å². The van der Waals surface area contributed by atoms with Crippen molar-refractivity contribution in [2.75, 3.05) is 32.2 Å². The van der Waals surface area contributed by atoms with E-state index in [1.165, 1.54) is 31.4 Å². The van der Waals surface area contributed by atoms with Gasteiger partial charge in [-0.3, -0.25) is 4.98 Å². The van der Waals surface area contributed by atoms with E-state index in [0.29, 0.717) is 6.07 Å². The Hall–Kier alpha value is -4.37. The maximum atomic E-state index is 15.0. The van der Waals surface area contributed by atoms with Crippen molar-refractivity contribution in [3.05, 3.63) is 48.4 Å². The summed E-state index contributed by atoms with van der Waals surface area (Å²) in [4.78, 5) is 16.4. The van der Waals surface area contributed by atoms with Crippen LogP contribution in [0, 0.1) is 5.95 Å². The van der Waals surface area contributed by atoms with Crippen molar-refractivity contribution in [2.45, 2.75) is 18.2 Å². The van der Waals surface area contributed by atoms with Crippen molar-refractivity contribution < 1.29 is 40.6 Å². The molecule has 1 fully saturated rings. The molecule has 0 amide bonds.